The van der Waals surface area contributed by atoms with Gasteiger partial charge in [0.1, 0.15) is 12.4 Å². The molecule has 2 N–H and O–H groups in total. The Morgan fingerprint density at radius 1 is 1.42 bits per heavy atom. The fourth-order valence-electron chi connectivity index (χ4n) is 1.71. The maximum absolute atomic E-state index is 12.7. The molecule has 0 saturated carbocycles. The van der Waals surface area contributed by atoms with Crippen LogP contribution in [0.4, 0.5) is 10.1 Å². The normalized spacial score (nSPS) is 10.5. The van der Waals surface area contributed by atoms with Crippen LogP contribution in [0.5, 0.6) is 0 Å². The third-order valence-electron chi connectivity index (χ3n) is 2.75. The molecule has 19 heavy (non-hydrogen) atoms. The second-order valence-corrected chi connectivity index (χ2v) is 4.17. The number of carbonyl (C=O) groups excluding carboxylic acids is 1. The Morgan fingerprint density at radius 2 is 2.05 bits per heavy atom. The molecule has 1 aromatic carbocycles. The van der Waals surface area contributed by atoms with E-state index in [0.29, 0.717) is 16.9 Å². The molecule has 0 unspecified atom stereocenters. The van der Waals surface area contributed by atoms with Crippen LogP contribution in [-0.2, 0) is 18.4 Å². The third kappa shape index (κ3) is 2.73. The Morgan fingerprint density at radius 3 is 2.58 bits per heavy atom. The molecule has 0 aliphatic heterocycles. The number of esters is 1. The van der Waals surface area contributed by atoms with Gasteiger partial charge in [-0.15, -0.1) is 0 Å². The number of anilines is 1. The second kappa shape index (κ2) is 5.09. The van der Waals surface area contributed by atoms with Crippen LogP contribution < -0.4 is 5.73 Å². The number of hydrogen-bond acceptors (Lipinski definition) is 4. The van der Waals surface area contributed by atoms with Crippen molar-refractivity contribution in [2.45, 2.75) is 13.5 Å². The second-order valence-electron chi connectivity index (χ2n) is 4.17. The first-order valence-electron chi connectivity index (χ1n) is 5.69. The Kier molecular flexibility index (Phi) is 3.50. The van der Waals surface area contributed by atoms with E-state index in [1.165, 1.54) is 16.8 Å². The minimum atomic E-state index is -0.551. The number of benzene rings is 1. The summed E-state index contributed by atoms with van der Waals surface area (Å²) >= 11 is 0. The van der Waals surface area contributed by atoms with Crippen molar-refractivity contribution in [3.63, 3.8) is 0 Å². The Hall–Kier alpha value is -2.37. The molecule has 0 aliphatic carbocycles. The van der Waals surface area contributed by atoms with Crippen LogP contribution in [0.1, 0.15) is 21.7 Å². The summed E-state index contributed by atoms with van der Waals surface area (Å²) in [5.74, 6) is -0.883. The van der Waals surface area contributed by atoms with Gasteiger partial charge in [-0.3, -0.25) is 4.68 Å². The lowest BCUT2D eigenvalue weighted by Gasteiger charge is -2.06. The molecule has 0 spiro atoms. The lowest BCUT2D eigenvalue weighted by atomic mass is 10.2. The van der Waals surface area contributed by atoms with Gasteiger partial charge in [-0.05, 0) is 24.6 Å². The van der Waals surface area contributed by atoms with Crippen LogP contribution in [-0.4, -0.2) is 15.7 Å². The largest absolute Gasteiger partial charge is 0.456 e. The summed E-state index contributed by atoms with van der Waals surface area (Å²) in [5.41, 5.74) is 7.57. The molecule has 6 heteroatoms. The topological polar surface area (TPSA) is 70.1 Å². The fraction of sp³-hybridized carbons (Fsp3) is 0.231. The van der Waals surface area contributed by atoms with Crippen LogP contribution in [0.2, 0.25) is 0 Å². The highest BCUT2D eigenvalue weighted by atomic mass is 19.1. The van der Waals surface area contributed by atoms with Crippen LogP contribution in [0.15, 0.2) is 24.3 Å². The van der Waals surface area contributed by atoms with E-state index in [0.717, 1.165) is 0 Å². The molecule has 2 aromatic rings. The van der Waals surface area contributed by atoms with Gasteiger partial charge >= 0.3 is 5.97 Å². The van der Waals surface area contributed by atoms with Crippen molar-refractivity contribution in [3.05, 3.63) is 47.0 Å². The van der Waals surface area contributed by atoms with Gasteiger partial charge < -0.3 is 10.5 Å². The van der Waals surface area contributed by atoms with Crippen LogP contribution >= 0.6 is 0 Å². The number of ether oxygens (including phenoxy) is 1. The highest BCUT2D eigenvalue weighted by Gasteiger charge is 2.19. The number of halogens is 1. The minimum Gasteiger partial charge on any atom is -0.456 e. The van der Waals surface area contributed by atoms with Gasteiger partial charge in [0.2, 0.25) is 0 Å². The zero-order chi connectivity index (χ0) is 14.0. The number of aryl methyl sites for hydroxylation is 2. The summed E-state index contributed by atoms with van der Waals surface area (Å²) in [6.45, 7) is 1.77. The highest BCUT2D eigenvalue weighted by molar-refractivity contribution is 5.93. The molecule has 0 fully saturated rings. The number of rotatable bonds is 3. The van der Waals surface area contributed by atoms with Gasteiger partial charge in [-0.1, -0.05) is 12.1 Å². The van der Waals surface area contributed by atoms with Crippen LogP contribution in [0, 0.1) is 12.7 Å². The SMILES string of the molecule is Cc1nn(C)c(C(=O)OCc2ccc(F)cc2)c1N. The molecular formula is C13H14FN3O2. The molecule has 0 atom stereocenters. The summed E-state index contributed by atoms with van der Waals surface area (Å²) in [6.07, 6.45) is 0. The average molecular weight is 263 g/mol. The van der Waals surface area contributed by atoms with Crippen molar-refractivity contribution in [1.82, 2.24) is 9.78 Å². The molecule has 5 nitrogen and oxygen atoms in total. The average Bonchev–Trinajstić information content (AvgIpc) is 2.62. The lowest BCUT2D eigenvalue weighted by Crippen LogP contribution is -2.12. The van der Waals surface area contributed by atoms with Crippen molar-refractivity contribution in [1.29, 1.82) is 0 Å². The predicted molar refractivity (Wildman–Crippen MR) is 67.9 cm³/mol. The summed E-state index contributed by atoms with van der Waals surface area (Å²) in [5, 5.41) is 4.04. The summed E-state index contributed by atoms with van der Waals surface area (Å²) in [4.78, 5) is 11.9. The van der Waals surface area contributed by atoms with E-state index in [-0.39, 0.29) is 18.1 Å². The Bertz CT molecular complexity index is 605. The molecule has 2 rings (SSSR count). The summed E-state index contributed by atoms with van der Waals surface area (Å²) in [7, 11) is 1.62. The van der Waals surface area contributed by atoms with Gasteiger partial charge in [-0.25, -0.2) is 9.18 Å². The van der Waals surface area contributed by atoms with E-state index < -0.39 is 5.97 Å². The zero-order valence-electron chi connectivity index (χ0n) is 10.7. The van der Waals surface area contributed by atoms with Crippen molar-refractivity contribution < 1.29 is 13.9 Å². The molecule has 1 heterocycles. The van der Waals surface area contributed by atoms with E-state index in [9.17, 15) is 9.18 Å². The van der Waals surface area contributed by atoms with Gasteiger partial charge in [0, 0.05) is 7.05 Å². The number of nitrogens with two attached hydrogens (primary N) is 1. The first-order chi connectivity index (χ1) is 8.99. The monoisotopic (exact) mass is 263 g/mol. The lowest BCUT2D eigenvalue weighted by molar-refractivity contribution is 0.0461. The Labute approximate surface area is 109 Å². The smallest absolute Gasteiger partial charge is 0.359 e. The van der Waals surface area contributed by atoms with Gasteiger partial charge in [0.05, 0.1) is 11.4 Å². The van der Waals surface area contributed by atoms with Crippen LogP contribution in [0.3, 0.4) is 0 Å². The highest BCUT2D eigenvalue weighted by Crippen LogP contribution is 2.17. The first kappa shape index (κ1) is 13.1. The molecule has 1 aromatic heterocycles. The minimum absolute atomic E-state index is 0.0583. The summed E-state index contributed by atoms with van der Waals surface area (Å²) < 4.78 is 19.2. The van der Waals surface area contributed by atoms with E-state index in [1.54, 1.807) is 26.1 Å². The maximum Gasteiger partial charge on any atom is 0.359 e. The number of nitrogens with zero attached hydrogens (tertiary/aromatic N) is 2. The zero-order valence-corrected chi connectivity index (χ0v) is 10.7. The quantitative estimate of drug-likeness (QED) is 0.857. The van der Waals surface area contributed by atoms with Crippen molar-refractivity contribution in [2.24, 2.45) is 7.05 Å². The summed E-state index contributed by atoms with van der Waals surface area (Å²) in [6, 6.07) is 5.73. The number of aromatic nitrogens is 2. The predicted octanol–water partition coefficient (Wildman–Crippen LogP) is 1.81. The fourth-order valence-corrected chi connectivity index (χ4v) is 1.71. The van der Waals surface area contributed by atoms with Gasteiger partial charge in [-0.2, -0.15) is 5.10 Å². The standard InChI is InChI=1S/C13H14FN3O2/c1-8-11(15)12(17(2)16-8)13(18)19-7-9-3-5-10(14)6-4-9/h3-6H,7,15H2,1-2H3. The molecule has 0 bridgehead atoms. The molecule has 100 valence electrons. The van der Waals surface area contributed by atoms with Gasteiger partial charge in [0.25, 0.3) is 0 Å². The Balaban J connectivity index is 2.07. The molecule has 0 radical (unpaired) electrons. The number of nitrogen functional groups attached to an aromatic ring is 1. The van der Waals surface area contributed by atoms with E-state index >= 15 is 0 Å². The molecule has 0 amide bonds. The first-order valence-corrected chi connectivity index (χ1v) is 5.69. The van der Waals surface area contributed by atoms with Crippen LogP contribution in [0.25, 0.3) is 0 Å². The molecule has 0 saturated heterocycles. The van der Waals surface area contributed by atoms with Gasteiger partial charge in [0.15, 0.2) is 5.69 Å². The number of hydrogen-bond donors (Lipinski definition) is 1. The molecule has 0 aliphatic rings. The van der Waals surface area contributed by atoms with Crippen molar-refractivity contribution in [3.8, 4) is 0 Å². The molecular weight excluding hydrogens is 249 g/mol. The third-order valence-corrected chi connectivity index (χ3v) is 2.75. The van der Waals surface area contributed by atoms with E-state index in [4.69, 9.17) is 10.5 Å². The van der Waals surface area contributed by atoms with Crippen molar-refractivity contribution in [2.75, 3.05) is 5.73 Å². The maximum atomic E-state index is 12.7. The van der Waals surface area contributed by atoms with E-state index in [2.05, 4.69) is 5.10 Å². The van der Waals surface area contributed by atoms with E-state index in [1.807, 2.05) is 0 Å². The number of carbonyl (C=O) groups is 1. The van der Waals surface area contributed by atoms with Crippen molar-refractivity contribution >= 4 is 11.7 Å².